The standard InChI is InChI=1S/C19H20N2/c1-20(2)21-14-13-18(17-11-7-4-8-12-17)19(21)15-16-9-5-3-6-10-16/h3-14H,15H2,1-2H3. The minimum atomic E-state index is 0.927. The lowest BCUT2D eigenvalue weighted by Gasteiger charge is -2.19. The molecular formula is C19H20N2. The maximum atomic E-state index is 2.22. The fourth-order valence-electron chi connectivity index (χ4n) is 2.68. The predicted octanol–water partition coefficient (Wildman–Crippen LogP) is 3.94. The molecule has 0 aliphatic carbocycles. The van der Waals surface area contributed by atoms with Gasteiger partial charge in [0, 0.05) is 32.3 Å². The molecule has 3 rings (SSSR count). The Hall–Kier alpha value is -2.48. The number of hydrogen-bond acceptors (Lipinski definition) is 1. The van der Waals surface area contributed by atoms with Gasteiger partial charge in [0.15, 0.2) is 0 Å². The summed E-state index contributed by atoms with van der Waals surface area (Å²) in [5.41, 5.74) is 5.21. The summed E-state index contributed by atoms with van der Waals surface area (Å²) >= 11 is 0. The molecule has 0 spiro atoms. The molecule has 0 aliphatic rings. The molecule has 2 heteroatoms. The van der Waals surface area contributed by atoms with Crippen LogP contribution in [-0.2, 0) is 6.42 Å². The zero-order valence-electron chi connectivity index (χ0n) is 12.5. The molecule has 0 amide bonds. The Morgan fingerprint density at radius 3 is 2.05 bits per heavy atom. The van der Waals surface area contributed by atoms with Crippen LogP contribution >= 0.6 is 0 Å². The van der Waals surface area contributed by atoms with Crippen molar-refractivity contribution in [1.82, 2.24) is 4.68 Å². The summed E-state index contributed by atoms with van der Waals surface area (Å²) < 4.78 is 2.22. The predicted molar refractivity (Wildman–Crippen MR) is 89.2 cm³/mol. The van der Waals surface area contributed by atoms with Gasteiger partial charge in [-0.3, -0.25) is 4.68 Å². The number of rotatable bonds is 4. The summed E-state index contributed by atoms with van der Waals surface area (Å²) in [7, 11) is 4.15. The highest BCUT2D eigenvalue weighted by atomic mass is 15.5. The fraction of sp³-hybridized carbons (Fsp3) is 0.158. The highest BCUT2D eigenvalue weighted by Crippen LogP contribution is 2.26. The molecule has 1 heterocycles. The Balaban J connectivity index is 2.06. The van der Waals surface area contributed by atoms with E-state index in [2.05, 4.69) is 96.7 Å². The van der Waals surface area contributed by atoms with Gasteiger partial charge in [-0.15, -0.1) is 0 Å². The van der Waals surface area contributed by atoms with E-state index in [1.54, 1.807) is 0 Å². The Morgan fingerprint density at radius 2 is 1.43 bits per heavy atom. The van der Waals surface area contributed by atoms with Crippen LogP contribution < -0.4 is 5.01 Å². The van der Waals surface area contributed by atoms with Crippen LogP contribution in [0.4, 0.5) is 0 Å². The highest BCUT2D eigenvalue weighted by molar-refractivity contribution is 5.67. The zero-order chi connectivity index (χ0) is 14.7. The average Bonchev–Trinajstić information content (AvgIpc) is 2.93. The first-order chi connectivity index (χ1) is 10.3. The van der Waals surface area contributed by atoms with Crippen LogP contribution in [0.5, 0.6) is 0 Å². The van der Waals surface area contributed by atoms with E-state index in [0.29, 0.717) is 0 Å². The van der Waals surface area contributed by atoms with Gasteiger partial charge in [-0.05, 0) is 17.2 Å². The van der Waals surface area contributed by atoms with Gasteiger partial charge in [0.2, 0.25) is 0 Å². The SMILES string of the molecule is CN(C)n1ccc(-c2ccccc2)c1Cc1ccccc1. The molecule has 0 radical (unpaired) electrons. The van der Waals surface area contributed by atoms with Gasteiger partial charge >= 0.3 is 0 Å². The molecular weight excluding hydrogens is 256 g/mol. The molecule has 2 aromatic carbocycles. The van der Waals surface area contributed by atoms with Gasteiger partial charge in [0.25, 0.3) is 0 Å². The Morgan fingerprint density at radius 1 is 0.810 bits per heavy atom. The van der Waals surface area contributed by atoms with E-state index in [1.165, 1.54) is 22.4 Å². The second-order valence-electron chi connectivity index (χ2n) is 5.40. The fourth-order valence-corrected chi connectivity index (χ4v) is 2.68. The molecule has 0 bridgehead atoms. The summed E-state index contributed by atoms with van der Waals surface area (Å²) in [6.45, 7) is 0. The Kier molecular flexibility index (Phi) is 3.78. The lowest BCUT2D eigenvalue weighted by Crippen LogP contribution is -2.26. The maximum Gasteiger partial charge on any atom is 0.0518 e. The van der Waals surface area contributed by atoms with E-state index >= 15 is 0 Å². The van der Waals surface area contributed by atoms with Gasteiger partial charge in [0.1, 0.15) is 0 Å². The van der Waals surface area contributed by atoms with Crippen molar-refractivity contribution in [3.63, 3.8) is 0 Å². The second-order valence-corrected chi connectivity index (χ2v) is 5.40. The van der Waals surface area contributed by atoms with Crippen molar-refractivity contribution in [1.29, 1.82) is 0 Å². The highest BCUT2D eigenvalue weighted by Gasteiger charge is 2.12. The molecule has 3 aromatic rings. The molecule has 0 saturated carbocycles. The van der Waals surface area contributed by atoms with Crippen molar-refractivity contribution < 1.29 is 0 Å². The summed E-state index contributed by atoms with van der Waals surface area (Å²) in [5.74, 6) is 0. The number of benzene rings is 2. The topological polar surface area (TPSA) is 8.17 Å². The van der Waals surface area contributed by atoms with Crippen molar-refractivity contribution in [3.05, 3.63) is 84.2 Å². The zero-order valence-corrected chi connectivity index (χ0v) is 12.5. The monoisotopic (exact) mass is 276 g/mol. The molecule has 1 aromatic heterocycles. The van der Waals surface area contributed by atoms with E-state index < -0.39 is 0 Å². The quantitative estimate of drug-likeness (QED) is 0.700. The van der Waals surface area contributed by atoms with E-state index in [-0.39, 0.29) is 0 Å². The molecule has 0 saturated heterocycles. The number of nitrogens with zero attached hydrogens (tertiary/aromatic N) is 2. The molecule has 21 heavy (non-hydrogen) atoms. The molecule has 0 atom stereocenters. The lowest BCUT2D eigenvalue weighted by molar-refractivity contribution is 0.702. The smallest absolute Gasteiger partial charge is 0.0518 e. The van der Waals surface area contributed by atoms with Crippen molar-refractivity contribution in [2.75, 3.05) is 19.1 Å². The molecule has 0 unspecified atom stereocenters. The third-order valence-electron chi connectivity index (χ3n) is 3.70. The van der Waals surface area contributed by atoms with Crippen LogP contribution in [0.3, 0.4) is 0 Å². The van der Waals surface area contributed by atoms with Crippen LogP contribution in [0.2, 0.25) is 0 Å². The number of hydrogen-bond donors (Lipinski definition) is 0. The first kappa shape index (κ1) is 13.5. The van der Waals surface area contributed by atoms with E-state index in [1.807, 2.05) is 0 Å². The summed E-state index contributed by atoms with van der Waals surface area (Å²) in [4.78, 5) is 0. The van der Waals surface area contributed by atoms with E-state index in [0.717, 1.165) is 6.42 Å². The average molecular weight is 276 g/mol. The van der Waals surface area contributed by atoms with Crippen molar-refractivity contribution >= 4 is 0 Å². The van der Waals surface area contributed by atoms with Crippen LogP contribution in [0.25, 0.3) is 11.1 Å². The maximum absolute atomic E-state index is 2.22. The molecule has 106 valence electrons. The van der Waals surface area contributed by atoms with Crippen molar-refractivity contribution in [2.45, 2.75) is 6.42 Å². The van der Waals surface area contributed by atoms with Gasteiger partial charge in [-0.2, -0.15) is 0 Å². The second kappa shape index (κ2) is 5.88. The summed E-state index contributed by atoms with van der Waals surface area (Å²) in [5, 5.41) is 2.12. The minimum Gasteiger partial charge on any atom is -0.319 e. The van der Waals surface area contributed by atoms with Crippen LogP contribution in [-0.4, -0.2) is 18.8 Å². The molecule has 0 fully saturated rings. The van der Waals surface area contributed by atoms with E-state index in [9.17, 15) is 0 Å². The van der Waals surface area contributed by atoms with Crippen LogP contribution in [0, 0.1) is 0 Å². The lowest BCUT2D eigenvalue weighted by atomic mass is 10.0. The third kappa shape index (κ3) is 2.84. The molecule has 0 aliphatic heterocycles. The largest absolute Gasteiger partial charge is 0.319 e. The van der Waals surface area contributed by atoms with Crippen molar-refractivity contribution in [2.24, 2.45) is 0 Å². The Labute approximate surface area is 126 Å². The molecule has 2 nitrogen and oxygen atoms in total. The first-order valence-electron chi connectivity index (χ1n) is 7.23. The van der Waals surface area contributed by atoms with E-state index in [4.69, 9.17) is 0 Å². The van der Waals surface area contributed by atoms with Crippen LogP contribution in [0.15, 0.2) is 72.9 Å². The van der Waals surface area contributed by atoms with Gasteiger partial charge in [-0.1, -0.05) is 60.7 Å². The minimum absolute atomic E-state index is 0.927. The number of aromatic nitrogens is 1. The summed E-state index contributed by atoms with van der Waals surface area (Å²) in [6, 6.07) is 23.4. The third-order valence-corrected chi connectivity index (χ3v) is 3.70. The molecule has 0 N–H and O–H groups in total. The summed E-state index contributed by atoms with van der Waals surface area (Å²) in [6.07, 6.45) is 3.07. The normalized spacial score (nSPS) is 10.6. The van der Waals surface area contributed by atoms with Crippen molar-refractivity contribution in [3.8, 4) is 11.1 Å². The first-order valence-corrected chi connectivity index (χ1v) is 7.23. The Bertz CT molecular complexity index is 697. The van der Waals surface area contributed by atoms with Gasteiger partial charge in [0.05, 0.1) is 5.69 Å². The van der Waals surface area contributed by atoms with Gasteiger partial charge < -0.3 is 5.01 Å². The van der Waals surface area contributed by atoms with Crippen LogP contribution in [0.1, 0.15) is 11.3 Å². The van der Waals surface area contributed by atoms with Gasteiger partial charge in [-0.25, -0.2) is 0 Å².